The SMILES string of the molecule is O=C(O)c1ccccc1Nc1c(-c2ncco2)cnc2ccc(Cl)cc12. The summed E-state index contributed by atoms with van der Waals surface area (Å²) < 4.78 is 5.41. The summed E-state index contributed by atoms with van der Waals surface area (Å²) in [7, 11) is 0. The van der Waals surface area contributed by atoms with Gasteiger partial charge in [-0.25, -0.2) is 9.78 Å². The molecule has 0 radical (unpaired) electrons. The lowest BCUT2D eigenvalue weighted by Crippen LogP contribution is -2.04. The van der Waals surface area contributed by atoms with Crippen molar-refractivity contribution in [2.45, 2.75) is 0 Å². The lowest BCUT2D eigenvalue weighted by Gasteiger charge is -2.15. The van der Waals surface area contributed by atoms with Gasteiger partial charge in [0, 0.05) is 16.6 Å². The number of anilines is 2. The molecule has 2 heterocycles. The predicted octanol–water partition coefficient (Wildman–Crippen LogP) is 4.99. The maximum Gasteiger partial charge on any atom is 0.337 e. The van der Waals surface area contributed by atoms with Gasteiger partial charge < -0.3 is 14.8 Å². The Morgan fingerprint density at radius 3 is 2.77 bits per heavy atom. The summed E-state index contributed by atoms with van der Waals surface area (Å²) in [6.07, 6.45) is 4.63. The van der Waals surface area contributed by atoms with Crippen LogP contribution in [0, 0.1) is 0 Å². The van der Waals surface area contributed by atoms with E-state index in [1.807, 2.05) is 0 Å². The molecule has 0 aliphatic carbocycles. The van der Waals surface area contributed by atoms with Crippen molar-refractivity contribution >= 4 is 39.8 Å². The van der Waals surface area contributed by atoms with Gasteiger partial charge in [-0.15, -0.1) is 0 Å². The second kappa shape index (κ2) is 6.50. The first kappa shape index (κ1) is 16.1. The highest BCUT2D eigenvalue weighted by Gasteiger charge is 2.17. The first-order chi connectivity index (χ1) is 12.6. The number of hydrogen-bond acceptors (Lipinski definition) is 5. The molecule has 4 rings (SSSR count). The second-order valence-corrected chi connectivity index (χ2v) is 5.96. The number of halogens is 1. The number of aromatic nitrogens is 2. The van der Waals surface area contributed by atoms with Gasteiger partial charge in [-0.2, -0.15) is 0 Å². The standard InChI is InChI=1S/C19H12ClN3O3/c20-11-5-6-15-13(9-11)17(14(10-22-15)18-21-7-8-26-18)23-16-4-2-1-3-12(16)19(24)25/h1-10H,(H,22,23)(H,24,25). The fourth-order valence-corrected chi connectivity index (χ4v) is 2.90. The van der Waals surface area contributed by atoms with E-state index < -0.39 is 5.97 Å². The van der Waals surface area contributed by atoms with Gasteiger partial charge >= 0.3 is 5.97 Å². The quantitative estimate of drug-likeness (QED) is 0.530. The van der Waals surface area contributed by atoms with E-state index in [4.69, 9.17) is 16.0 Å². The van der Waals surface area contributed by atoms with Gasteiger partial charge in [-0.3, -0.25) is 4.98 Å². The molecule has 2 N–H and O–H groups in total. The topological polar surface area (TPSA) is 88.2 Å². The van der Waals surface area contributed by atoms with E-state index in [2.05, 4.69) is 15.3 Å². The smallest absolute Gasteiger partial charge is 0.337 e. The lowest BCUT2D eigenvalue weighted by atomic mass is 10.1. The van der Waals surface area contributed by atoms with Crippen LogP contribution in [-0.2, 0) is 0 Å². The van der Waals surface area contributed by atoms with Crippen molar-refractivity contribution in [3.05, 3.63) is 71.7 Å². The number of nitrogens with zero attached hydrogens (tertiary/aromatic N) is 2. The lowest BCUT2D eigenvalue weighted by molar-refractivity contribution is 0.0698. The molecule has 0 aliphatic rings. The molecule has 0 bridgehead atoms. The van der Waals surface area contributed by atoms with E-state index in [1.165, 1.54) is 18.5 Å². The van der Waals surface area contributed by atoms with Gasteiger partial charge in [-0.05, 0) is 30.3 Å². The summed E-state index contributed by atoms with van der Waals surface area (Å²) in [6.45, 7) is 0. The molecular weight excluding hydrogens is 354 g/mol. The van der Waals surface area contributed by atoms with Crippen LogP contribution >= 0.6 is 11.6 Å². The van der Waals surface area contributed by atoms with Gasteiger partial charge in [0.15, 0.2) is 0 Å². The van der Waals surface area contributed by atoms with Crippen molar-refractivity contribution in [2.75, 3.05) is 5.32 Å². The number of hydrogen-bond donors (Lipinski definition) is 2. The zero-order valence-electron chi connectivity index (χ0n) is 13.3. The van der Waals surface area contributed by atoms with Crippen molar-refractivity contribution in [2.24, 2.45) is 0 Å². The van der Waals surface area contributed by atoms with Crippen LogP contribution in [0.5, 0.6) is 0 Å². The molecule has 128 valence electrons. The Hall–Kier alpha value is -3.38. The zero-order valence-corrected chi connectivity index (χ0v) is 14.1. The summed E-state index contributed by atoms with van der Waals surface area (Å²) in [6, 6.07) is 12.0. The Labute approximate surface area is 153 Å². The Balaban J connectivity index is 1.96. The molecule has 0 saturated carbocycles. The van der Waals surface area contributed by atoms with Crippen LogP contribution in [0.25, 0.3) is 22.4 Å². The summed E-state index contributed by atoms with van der Waals surface area (Å²) in [4.78, 5) is 20.1. The van der Waals surface area contributed by atoms with Crippen LogP contribution in [0.1, 0.15) is 10.4 Å². The number of oxazole rings is 1. The average molecular weight is 366 g/mol. The molecule has 7 heteroatoms. The van der Waals surface area contributed by atoms with E-state index in [1.54, 1.807) is 42.6 Å². The van der Waals surface area contributed by atoms with Crippen LogP contribution in [0.4, 0.5) is 11.4 Å². The molecule has 0 saturated heterocycles. The number of rotatable bonds is 4. The molecule has 6 nitrogen and oxygen atoms in total. The first-order valence-corrected chi connectivity index (χ1v) is 8.09. The van der Waals surface area contributed by atoms with E-state index in [0.717, 1.165) is 5.39 Å². The number of para-hydroxylation sites is 1. The largest absolute Gasteiger partial charge is 0.478 e. The van der Waals surface area contributed by atoms with Gasteiger partial charge in [0.05, 0.1) is 34.2 Å². The third kappa shape index (κ3) is 2.87. The number of benzene rings is 2. The average Bonchev–Trinajstić information content (AvgIpc) is 3.17. The Kier molecular flexibility index (Phi) is 4.02. The highest BCUT2D eigenvalue weighted by atomic mass is 35.5. The van der Waals surface area contributed by atoms with E-state index >= 15 is 0 Å². The zero-order chi connectivity index (χ0) is 18.1. The third-order valence-electron chi connectivity index (χ3n) is 3.91. The minimum Gasteiger partial charge on any atom is -0.478 e. The van der Waals surface area contributed by atoms with Gasteiger partial charge in [0.2, 0.25) is 5.89 Å². The number of carboxylic acid groups (broad SMARTS) is 1. The van der Waals surface area contributed by atoms with Gasteiger partial charge in [0.25, 0.3) is 0 Å². The minimum absolute atomic E-state index is 0.151. The molecule has 0 unspecified atom stereocenters. The highest BCUT2D eigenvalue weighted by molar-refractivity contribution is 6.31. The number of carboxylic acids is 1. The maximum absolute atomic E-state index is 11.5. The second-order valence-electron chi connectivity index (χ2n) is 5.52. The molecule has 4 aromatic rings. The molecule has 0 aliphatic heterocycles. The number of fused-ring (bicyclic) bond motifs is 1. The van der Waals surface area contributed by atoms with Gasteiger partial charge in [0.1, 0.15) is 6.26 Å². The molecule has 26 heavy (non-hydrogen) atoms. The summed E-state index contributed by atoms with van der Waals surface area (Å²) in [5.41, 5.74) is 2.52. The number of pyridine rings is 1. The van der Waals surface area contributed by atoms with E-state index in [0.29, 0.717) is 33.4 Å². The first-order valence-electron chi connectivity index (χ1n) is 7.71. The predicted molar refractivity (Wildman–Crippen MR) is 98.9 cm³/mol. The monoisotopic (exact) mass is 365 g/mol. The third-order valence-corrected chi connectivity index (χ3v) is 4.14. The Morgan fingerprint density at radius 2 is 2.00 bits per heavy atom. The maximum atomic E-state index is 11.5. The molecule has 2 aromatic heterocycles. The fourth-order valence-electron chi connectivity index (χ4n) is 2.73. The van der Waals surface area contributed by atoms with Crippen LogP contribution in [0.2, 0.25) is 5.02 Å². The fraction of sp³-hybridized carbons (Fsp3) is 0. The summed E-state index contributed by atoms with van der Waals surface area (Å²) in [5, 5.41) is 13.9. The van der Waals surface area contributed by atoms with E-state index in [-0.39, 0.29) is 5.56 Å². The van der Waals surface area contributed by atoms with Crippen molar-refractivity contribution in [1.29, 1.82) is 0 Å². The van der Waals surface area contributed by atoms with Crippen molar-refractivity contribution in [3.8, 4) is 11.5 Å². The summed E-state index contributed by atoms with van der Waals surface area (Å²) in [5.74, 6) is -0.656. The molecule has 0 atom stereocenters. The molecular formula is C19H12ClN3O3. The molecule has 0 amide bonds. The molecule has 0 fully saturated rings. The number of carbonyl (C=O) groups is 1. The van der Waals surface area contributed by atoms with E-state index in [9.17, 15) is 9.90 Å². The molecule has 0 spiro atoms. The van der Waals surface area contributed by atoms with Crippen LogP contribution in [0.3, 0.4) is 0 Å². The number of nitrogens with one attached hydrogen (secondary N) is 1. The van der Waals surface area contributed by atoms with Crippen LogP contribution in [0.15, 0.2) is 65.5 Å². The highest BCUT2D eigenvalue weighted by Crippen LogP contribution is 2.36. The van der Waals surface area contributed by atoms with Crippen molar-refractivity contribution < 1.29 is 14.3 Å². The van der Waals surface area contributed by atoms with Gasteiger partial charge in [-0.1, -0.05) is 23.7 Å². The minimum atomic E-state index is -1.03. The van der Waals surface area contributed by atoms with Crippen LogP contribution < -0.4 is 5.32 Å². The Bertz CT molecular complexity index is 1110. The Morgan fingerprint density at radius 1 is 1.15 bits per heavy atom. The van der Waals surface area contributed by atoms with Crippen LogP contribution in [-0.4, -0.2) is 21.0 Å². The number of aromatic carboxylic acids is 1. The normalized spacial score (nSPS) is 10.8. The van der Waals surface area contributed by atoms with Crippen molar-refractivity contribution in [3.63, 3.8) is 0 Å². The summed E-state index contributed by atoms with van der Waals surface area (Å²) >= 11 is 6.16. The van der Waals surface area contributed by atoms with Crippen molar-refractivity contribution in [1.82, 2.24) is 9.97 Å². The molecule has 2 aromatic carbocycles.